The molecule has 0 amide bonds. The van der Waals surface area contributed by atoms with Crippen LogP contribution >= 0.6 is 24.0 Å². The van der Waals surface area contributed by atoms with Crippen LogP contribution < -0.4 is 0 Å². The first-order chi connectivity index (χ1) is 4.33. The molecular formula is C6H8Cl2N2. The summed E-state index contributed by atoms with van der Waals surface area (Å²) in [6.45, 7) is 1.89. The predicted molar refractivity (Wildman–Crippen MR) is 43.6 cm³/mol. The zero-order chi connectivity index (χ0) is 6.69. The van der Waals surface area contributed by atoms with Crippen LogP contribution in [0.4, 0.5) is 0 Å². The molecule has 1 aromatic rings. The summed E-state index contributed by atoms with van der Waals surface area (Å²) in [6.07, 6.45) is 3.39. The third kappa shape index (κ3) is 2.50. The minimum Gasteiger partial charge on any atom is -0.258 e. The molecule has 4 heteroatoms. The van der Waals surface area contributed by atoms with Crippen LogP contribution in [0.2, 0.25) is 0 Å². The SMILES string of the molecule is Cc1cnc(CCl)cn1.Cl. The second-order valence-electron chi connectivity index (χ2n) is 1.78. The molecular weight excluding hydrogens is 171 g/mol. The molecule has 2 nitrogen and oxygen atoms in total. The fourth-order valence-corrected chi connectivity index (χ4v) is 0.626. The minimum absolute atomic E-state index is 0. The second-order valence-corrected chi connectivity index (χ2v) is 2.05. The van der Waals surface area contributed by atoms with Gasteiger partial charge in [-0.05, 0) is 6.92 Å². The molecule has 0 N–H and O–H groups in total. The number of alkyl halides is 1. The van der Waals surface area contributed by atoms with E-state index in [1.807, 2.05) is 6.92 Å². The van der Waals surface area contributed by atoms with Gasteiger partial charge in [0, 0.05) is 12.4 Å². The van der Waals surface area contributed by atoms with Gasteiger partial charge in [-0.3, -0.25) is 9.97 Å². The van der Waals surface area contributed by atoms with E-state index in [0.29, 0.717) is 5.88 Å². The standard InChI is InChI=1S/C6H7ClN2.ClH/c1-5-3-9-6(2-7)4-8-5;/h3-4H,2H2,1H3;1H. The third-order valence-corrected chi connectivity index (χ3v) is 1.25. The molecule has 0 radical (unpaired) electrons. The maximum Gasteiger partial charge on any atom is 0.0734 e. The van der Waals surface area contributed by atoms with E-state index < -0.39 is 0 Å². The fraction of sp³-hybridized carbons (Fsp3) is 0.333. The highest BCUT2D eigenvalue weighted by atomic mass is 35.5. The van der Waals surface area contributed by atoms with Crippen LogP contribution in [0.15, 0.2) is 12.4 Å². The molecule has 0 aliphatic heterocycles. The maximum atomic E-state index is 5.48. The number of hydrogen-bond donors (Lipinski definition) is 0. The van der Waals surface area contributed by atoms with Gasteiger partial charge in [-0.1, -0.05) is 0 Å². The van der Waals surface area contributed by atoms with E-state index in [2.05, 4.69) is 9.97 Å². The number of rotatable bonds is 1. The Hall–Kier alpha value is -0.340. The molecule has 0 saturated carbocycles. The lowest BCUT2D eigenvalue weighted by molar-refractivity contribution is 1.05. The van der Waals surface area contributed by atoms with Crippen LogP contribution in [0.5, 0.6) is 0 Å². The molecule has 56 valence electrons. The summed E-state index contributed by atoms with van der Waals surface area (Å²) in [5.74, 6) is 0.438. The Morgan fingerprint density at radius 2 is 2.10 bits per heavy atom. The molecule has 10 heavy (non-hydrogen) atoms. The monoisotopic (exact) mass is 178 g/mol. The van der Waals surface area contributed by atoms with Crippen molar-refractivity contribution in [3.8, 4) is 0 Å². The Bertz CT molecular complexity index is 185. The normalized spacial score (nSPS) is 8.60. The number of aromatic nitrogens is 2. The Morgan fingerprint density at radius 1 is 1.40 bits per heavy atom. The van der Waals surface area contributed by atoms with Gasteiger partial charge in [0.2, 0.25) is 0 Å². The van der Waals surface area contributed by atoms with E-state index >= 15 is 0 Å². The van der Waals surface area contributed by atoms with Crippen LogP contribution in [0, 0.1) is 6.92 Å². The van der Waals surface area contributed by atoms with E-state index in [9.17, 15) is 0 Å². The van der Waals surface area contributed by atoms with Crippen molar-refractivity contribution >= 4 is 24.0 Å². The van der Waals surface area contributed by atoms with E-state index in [0.717, 1.165) is 11.4 Å². The average molecular weight is 179 g/mol. The predicted octanol–water partition coefficient (Wildman–Crippen LogP) is 1.95. The van der Waals surface area contributed by atoms with E-state index in [4.69, 9.17) is 11.6 Å². The summed E-state index contributed by atoms with van der Waals surface area (Å²) in [4.78, 5) is 8.01. The molecule has 0 aliphatic carbocycles. The van der Waals surface area contributed by atoms with Crippen LogP contribution in [0.25, 0.3) is 0 Å². The summed E-state index contributed by atoms with van der Waals surface area (Å²) in [7, 11) is 0. The Balaban J connectivity index is 0.000000810. The van der Waals surface area contributed by atoms with Crippen molar-refractivity contribution < 1.29 is 0 Å². The van der Waals surface area contributed by atoms with Crippen molar-refractivity contribution in [3.05, 3.63) is 23.8 Å². The van der Waals surface area contributed by atoms with Crippen LogP contribution in [0.3, 0.4) is 0 Å². The van der Waals surface area contributed by atoms with Crippen LogP contribution in [0.1, 0.15) is 11.4 Å². The summed E-state index contributed by atoms with van der Waals surface area (Å²) < 4.78 is 0. The van der Waals surface area contributed by atoms with E-state index in [-0.39, 0.29) is 12.4 Å². The molecule has 0 aliphatic rings. The van der Waals surface area contributed by atoms with Gasteiger partial charge in [0.1, 0.15) is 0 Å². The average Bonchev–Trinajstić information content (AvgIpc) is 1.90. The van der Waals surface area contributed by atoms with Gasteiger partial charge in [0.15, 0.2) is 0 Å². The molecule has 0 fully saturated rings. The van der Waals surface area contributed by atoms with E-state index in [1.165, 1.54) is 0 Å². The third-order valence-electron chi connectivity index (χ3n) is 0.971. The van der Waals surface area contributed by atoms with Crippen molar-refractivity contribution in [2.24, 2.45) is 0 Å². The smallest absolute Gasteiger partial charge is 0.0734 e. The van der Waals surface area contributed by atoms with Crippen LogP contribution in [-0.2, 0) is 5.88 Å². The number of nitrogens with zero attached hydrogens (tertiary/aromatic N) is 2. The Labute approximate surface area is 71.1 Å². The quantitative estimate of drug-likeness (QED) is 0.615. The number of halogens is 2. The Kier molecular flexibility index (Phi) is 4.32. The highest BCUT2D eigenvalue weighted by Crippen LogP contribution is 1.96. The van der Waals surface area contributed by atoms with Gasteiger partial charge in [0.05, 0.1) is 17.3 Å². The van der Waals surface area contributed by atoms with Crippen molar-refractivity contribution in [1.29, 1.82) is 0 Å². The number of aryl methyl sites for hydroxylation is 1. The highest BCUT2D eigenvalue weighted by Gasteiger charge is 1.89. The first-order valence-electron chi connectivity index (χ1n) is 2.66. The lowest BCUT2D eigenvalue weighted by Crippen LogP contribution is -1.87. The molecule has 0 atom stereocenters. The highest BCUT2D eigenvalue weighted by molar-refractivity contribution is 6.16. The summed E-state index contributed by atoms with van der Waals surface area (Å²) in [6, 6.07) is 0. The van der Waals surface area contributed by atoms with Crippen molar-refractivity contribution in [2.75, 3.05) is 0 Å². The van der Waals surface area contributed by atoms with Gasteiger partial charge in [0.25, 0.3) is 0 Å². The molecule has 0 spiro atoms. The lowest BCUT2D eigenvalue weighted by Gasteiger charge is -1.91. The van der Waals surface area contributed by atoms with Crippen molar-refractivity contribution in [1.82, 2.24) is 9.97 Å². The molecule has 1 heterocycles. The molecule has 0 bridgehead atoms. The lowest BCUT2D eigenvalue weighted by atomic mass is 10.4. The van der Waals surface area contributed by atoms with Gasteiger partial charge >= 0.3 is 0 Å². The Morgan fingerprint density at radius 3 is 2.50 bits per heavy atom. The first kappa shape index (κ1) is 9.66. The van der Waals surface area contributed by atoms with Gasteiger partial charge < -0.3 is 0 Å². The zero-order valence-corrected chi connectivity index (χ0v) is 7.11. The molecule has 0 unspecified atom stereocenters. The van der Waals surface area contributed by atoms with Gasteiger partial charge in [-0.15, -0.1) is 24.0 Å². The number of hydrogen-bond acceptors (Lipinski definition) is 2. The van der Waals surface area contributed by atoms with Crippen LogP contribution in [-0.4, -0.2) is 9.97 Å². The molecule has 1 aromatic heterocycles. The summed E-state index contributed by atoms with van der Waals surface area (Å²) in [5.41, 5.74) is 1.74. The van der Waals surface area contributed by atoms with Gasteiger partial charge in [-0.2, -0.15) is 0 Å². The zero-order valence-electron chi connectivity index (χ0n) is 5.54. The largest absolute Gasteiger partial charge is 0.258 e. The van der Waals surface area contributed by atoms with Crippen molar-refractivity contribution in [2.45, 2.75) is 12.8 Å². The van der Waals surface area contributed by atoms with E-state index in [1.54, 1.807) is 12.4 Å². The van der Waals surface area contributed by atoms with Crippen molar-refractivity contribution in [3.63, 3.8) is 0 Å². The topological polar surface area (TPSA) is 25.8 Å². The molecule has 0 saturated heterocycles. The molecule has 1 rings (SSSR count). The molecule has 0 aromatic carbocycles. The first-order valence-corrected chi connectivity index (χ1v) is 3.20. The fourth-order valence-electron chi connectivity index (χ4n) is 0.488. The van der Waals surface area contributed by atoms with Gasteiger partial charge in [-0.25, -0.2) is 0 Å². The summed E-state index contributed by atoms with van der Waals surface area (Å²) in [5, 5.41) is 0. The minimum atomic E-state index is 0. The summed E-state index contributed by atoms with van der Waals surface area (Å²) >= 11 is 5.48. The second kappa shape index (κ2) is 4.47. The maximum absolute atomic E-state index is 5.48.